The second-order valence-corrected chi connectivity index (χ2v) is 2.71. The summed E-state index contributed by atoms with van der Waals surface area (Å²) in [7, 11) is 0. The molecule has 2 aromatic heterocycles. The molecule has 0 saturated carbocycles. The minimum absolute atomic E-state index is 0.0439. The Bertz CT molecular complexity index is 406. The maximum atomic E-state index is 8.97. The van der Waals surface area contributed by atoms with Crippen molar-refractivity contribution in [3.8, 4) is 0 Å². The Labute approximate surface area is 69.7 Å². The Morgan fingerprint density at radius 1 is 1.58 bits per heavy atom. The first-order valence-electron chi connectivity index (χ1n) is 3.75. The summed E-state index contributed by atoms with van der Waals surface area (Å²) in [5.41, 5.74) is 2.48. The van der Waals surface area contributed by atoms with Gasteiger partial charge in [-0.25, -0.2) is 0 Å². The molecule has 62 valence electrons. The first kappa shape index (κ1) is 7.31. The van der Waals surface area contributed by atoms with Gasteiger partial charge >= 0.3 is 0 Å². The van der Waals surface area contributed by atoms with Crippen molar-refractivity contribution in [2.75, 3.05) is 0 Å². The number of hydrogen-bond acceptors (Lipinski definition) is 3. The van der Waals surface area contributed by atoms with Crippen molar-refractivity contribution in [2.24, 2.45) is 0 Å². The van der Waals surface area contributed by atoms with Crippen LogP contribution < -0.4 is 0 Å². The van der Waals surface area contributed by atoms with Crippen molar-refractivity contribution in [1.29, 1.82) is 0 Å². The van der Waals surface area contributed by atoms with Gasteiger partial charge in [0, 0.05) is 11.6 Å². The van der Waals surface area contributed by atoms with Crippen molar-refractivity contribution < 1.29 is 9.52 Å². The predicted molar refractivity (Wildman–Crippen MR) is 44.7 cm³/mol. The molecule has 0 aliphatic rings. The average molecular weight is 163 g/mol. The van der Waals surface area contributed by atoms with Gasteiger partial charge in [0.25, 0.3) is 0 Å². The zero-order valence-corrected chi connectivity index (χ0v) is 6.74. The van der Waals surface area contributed by atoms with Gasteiger partial charge < -0.3 is 9.52 Å². The number of fused-ring (bicyclic) bond motifs is 1. The fraction of sp³-hybridized carbons (Fsp3) is 0.222. The van der Waals surface area contributed by atoms with Gasteiger partial charge in [0.2, 0.25) is 0 Å². The molecular formula is C9H9NO2. The standard InChI is InChI=1S/C9H9NO2/c1-6-5-12-8-2-3-10-7(4-11)9(6)8/h2-3,5,11H,4H2,1H3. The van der Waals surface area contributed by atoms with Crippen LogP contribution in [0.3, 0.4) is 0 Å². The highest BCUT2D eigenvalue weighted by Crippen LogP contribution is 2.22. The summed E-state index contributed by atoms with van der Waals surface area (Å²) in [5.74, 6) is 0. The van der Waals surface area contributed by atoms with Gasteiger partial charge in [-0.2, -0.15) is 0 Å². The molecule has 2 rings (SSSR count). The van der Waals surface area contributed by atoms with E-state index in [4.69, 9.17) is 9.52 Å². The number of rotatable bonds is 1. The lowest BCUT2D eigenvalue weighted by Crippen LogP contribution is -1.89. The molecule has 0 bridgehead atoms. The fourth-order valence-electron chi connectivity index (χ4n) is 1.34. The van der Waals surface area contributed by atoms with E-state index in [9.17, 15) is 0 Å². The summed E-state index contributed by atoms with van der Waals surface area (Å²) in [6.45, 7) is 1.89. The number of pyridine rings is 1. The molecule has 0 saturated heterocycles. The maximum Gasteiger partial charge on any atom is 0.137 e. The number of hydrogen-bond donors (Lipinski definition) is 1. The maximum absolute atomic E-state index is 8.97. The molecule has 0 aromatic carbocycles. The fourth-order valence-corrected chi connectivity index (χ4v) is 1.34. The molecule has 0 unspecified atom stereocenters. The highest BCUT2D eigenvalue weighted by Gasteiger charge is 2.06. The first-order valence-corrected chi connectivity index (χ1v) is 3.75. The van der Waals surface area contributed by atoms with Gasteiger partial charge in [-0.05, 0) is 18.6 Å². The Balaban J connectivity index is 2.84. The lowest BCUT2D eigenvalue weighted by atomic mass is 10.2. The molecule has 0 aliphatic heterocycles. The quantitative estimate of drug-likeness (QED) is 0.695. The SMILES string of the molecule is Cc1coc2ccnc(CO)c12. The van der Waals surface area contributed by atoms with E-state index in [1.807, 2.05) is 6.92 Å². The van der Waals surface area contributed by atoms with Gasteiger partial charge in [-0.3, -0.25) is 4.98 Å². The minimum atomic E-state index is -0.0439. The third kappa shape index (κ3) is 0.905. The van der Waals surface area contributed by atoms with Gasteiger partial charge in [0.1, 0.15) is 5.58 Å². The van der Waals surface area contributed by atoms with Crippen LogP contribution in [0.4, 0.5) is 0 Å². The minimum Gasteiger partial charge on any atom is -0.464 e. The Morgan fingerprint density at radius 3 is 3.17 bits per heavy atom. The second-order valence-electron chi connectivity index (χ2n) is 2.71. The number of aromatic nitrogens is 1. The van der Waals surface area contributed by atoms with Crippen LogP contribution in [-0.4, -0.2) is 10.1 Å². The van der Waals surface area contributed by atoms with Crippen LogP contribution in [-0.2, 0) is 6.61 Å². The van der Waals surface area contributed by atoms with Crippen LogP contribution >= 0.6 is 0 Å². The van der Waals surface area contributed by atoms with Crippen molar-refractivity contribution in [3.05, 3.63) is 29.8 Å². The predicted octanol–water partition coefficient (Wildman–Crippen LogP) is 1.63. The molecule has 1 N–H and O–H groups in total. The van der Waals surface area contributed by atoms with E-state index in [0.717, 1.165) is 16.5 Å². The second kappa shape index (κ2) is 2.60. The highest BCUT2D eigenvalue weighted by atomic mass is 16.3. The van der Waals surface area contributed by atoms with Crippen LogP contribution in [0, 0.1) is 6.92 Å². The van der Waals surface area contributed by atoms with E-state index >= 15 is 0 Å². The molecule has 2 heterocycles. The van der Waals surface area contributed by atoms with Crippen LogP contribution in [0.25, 0.3) is 11.0 Å². The van der Waals surface area contributed by atoms with Crippen LogP contribution in [0.5, 0.6) is 0 Å². The Kier molecular flexibility index (Phi) is 1.59. The van der Waals surface area contributed by atoms with Crippen molar-refractivity contribution in [3.63, 3.8) is 0 Å². The first-order chi connectivity index (χ1) is 5.83. The molecule has 12 heavy (non-hydrogen) atoms. The van der Waals surface area contributed by atoms with E-state index < -0.39 is 0 Å². The van der Waals surface area contributed by atoms with E-state index in [-0.39, 0.29) is 6.61 Å². The number of aliphatic hydroxyl groups is 1. The molecule has 3 nitrogen and oxygen atoms in total. The topological polar surface area (TPSA) is 46.3 Å². The summed E-state index contributed by atoms with van der Waals surface area (Å²) < 4.78 is 5.24. The van der Waals surface area contributed by atoms with E-state index in [2.05, 4.69) is 4.98 Å². The molecule has 0 aliphatic carbocycles. The summed E-state index contributed by atoms with van der Waals surface area (Å²) >= 11 is 0. The van der Waals surface area contributed by atoms with Crippen LogP contribution in [0.2, 0.25) is 0 Å². The molecule has 0 amide bonds. The summed E-state index contributed by atoms with van der Waals surface area (Å²) in [6, 6.07) is 1.79. The monoisotopic (exact) mass is 163 g/mol. The summed E-state index contributed by atoms with van der Waals surface area (Å²) in [5, 5.41) is 9.90. The van der Waals surface area contributed by atoms with Crippen molar-refractivity contribution in [2.45, 2.75) is 13.5 Å². The van der Waals surface area contributed by atoms with Gasteiger partial charge in [0.05, 0.1) is 18.6 Å². The van der Waals surface area contributed by atoms with E-state index in [1.54, 1.807) is 18.5 Å². The highest BCUT2D eigenvalue weighted by molar-refractivity contribution is 5.82. The number of nitrogens with zero attached hydrogens (tertiary/aromatic N) is 1. The third-order valence-electron chi connectivity index (χ3n) is 1.90. The van der Waals surface area contributed by atoms with Gasteiger partial charge in [-0.15, -0.1) is 0 Å². The molecule has 0 radical (unpaired) electrons. The molecule has 0 spiro atoms. The van der Waals surface area contributed by atoms with Crippen molar-refractivity contribution in [1.82, 2.24) is 4.98 Å². The molecule has 0 fully saturated rings. The Hall–Kier alpha value is -1.35. The molecule has 3 heteroatoms. The van der Waals surface area contributed by atoms with Crippen LogP contribution in [0.1, 0.15) is 11.3 Å². The van der Waals surface area contributed by atoms with Gasteiger partial charge in [0.15, 0.2) is 0 Å². The number of furan rings is 1. The Morgan fingerprint density at radius 2 is 2.42 bits per heavy atom. The number of aliphatic hydroxyl groups excluding tert-OH is 1. The van der Waals surface area contributed by atoms with E-state index in [1.165, 1.54) is 0 Å². The van der Waals surface area contributed by atoms with Crippen molar-refractivity contribution >= 4 is 11.0 Å². The molecular weight excluding hydrogens is 154 g/mol. The zero-order valence-electron chi connectivity index (χ0n) is 6.74. The summed E-state index contributed by atoms with van der Waals surface area (Å²) in [6.07, 6.45) is 3.31. The molecule has 0 atom stereocenters. The van der Waals surface area contributed by atoms with Gasteiger partial charge in [-0.1, -0.05) is 0 Å². The van der Waals surface area contributed by atoms with E-state index in [0.29, 0.717) is 5.69 Å². The lowest BCUT2D eigenvalue weighted by Gasteiger charge is -1.96. The number of aryl methyl sites for hydroxylation is 1. The van der Waals surface area contributed by atoms with Crippen LogP contribution in [0.15, 0.2) is 22.9 Å². The summed E-state index contributed by atoms with van der Waals surface area (Å²) in [4.78, 5) is 4.05. The third-order valence-corrected chi connectivity index (χ3v) is 1.90. The lowest BCUT2D eigenvalue weighted by molar-refractivity contribution is 0.278. The average Bonchev–Trinajstić information content (AvgIpc) is 2.48. The smallest absolute Gasteiger partial charge is 0.137 e. The molecule has 2 aromatic rings. The largest absolute Gasteiger partial charge is 0.464 e. The normalized spacial score (nSPS) is 10.8. The zero-order chi connectivity index (χ0) is 8.55.